The fourth-order valence-electron chi connectivity index (χ4n) is 2.31. The summed E-state index contributed by atoms with van der Waals surface area (Å²) >= 11 is 6.03. The Morgan fingerprint density at radius 3 is 2.50 bits per heavy atom. The van der Waals surface area contributed by atoms with Crippen molar-refractivity contribution in [2.45, 2.75) is 24.6 Å². The average Bonchev–Trinajstić information content (AvgIpc) is 2.41. The molecule has 114 valence electrons. The van der Waals surface area contributed by atoms with Crippen LogP contribution in [0.4, 0.5) is 0 Å². The highest BCUT2D eigenvalue weighted by atomic mass is 35.5. The van der Waals surface area contributed by atoms with Crippen LogP contribution in [-0.4, -0.2) is 38.9 Å². The van der Waals surface area contributed by atoms with Gasteiger partial charge in [0, 0.05) is 18.1 Å². The van der Waals surface area contributed by atoms with E-state index in [9.17, 15) is 8.42 Å². The molecule has 1 aromatic carbocycles. The minimum absolute atomic E-state index is 0. The number of rotatable bonds is 4. The van der Waals surface area contributed by atoms with Crippen molar-refractivity contribution in [1.82, 2.24) is 9.62 Å². The lowest BCUT2D eigenvalue weighted by atomic mass is 10.1. The molecule has 0 aromatic heterocycles. The minimum atomic E-state index is -3.31. The van der Waals surface area contributed by atoms with Crippen LogP contribution in [-0.2, 0) is 15.8 Å². The molecule has 4 nitrogen and oxygen atoms in total. The Morgan fingerprint density at radius 2 is 1.90 bits per heavy atom. The lowest BCUT2D eigenvalue weighted by molar-refractivity contribution is 0.296. The van der Waals surface area contributed by atoms with Crippen LogP contribution in [0.2, 0.25) is 5.02 Å². The standard InChI is InChI=1S/C13H19ClN2O2S.ClH/c1-16(12-6-8-15-9-7-12)19(17,18)10-11-4-2-3-5-13(11)14;/h2-5,12,15H,6-10H2,1H3;1H. The van der Waals surface area contributed by atoms with Crippen molar-refractivity contribution in [3.05, 3.63) is 34.9 Å². The van der Waals surface area contributed by atoms with Crippen LogP contribution in [0, 0.1) is 0 Å². The van der Waals surface area contributed by atoms with E-state index in [0.717, 1.165) is 25.9 Å². The van der Waals surface area contributed by atoms with Crippen molar-refractivity contribution < 1.29 is 8.42 Å². The Kier molecular flexibility index (Phi) is 6.75. The van der Waals surface area contributed by atoms with Gasteiger partial charge in [-0.05, 0) is 37.6 Å². The smallest absolute Gasteiger partial charge is 0.218 e. The second kappa shape index (κ2) is 7.61. The molecule has 1 aliphatic rings. The zero-order valence-corrected chi connectivity index (χ0v) is 13.8. The Hall–Kier alpha value is -0.330. The molecule has 7 heteroatoms. The molecule has 0 radical (unpaired) electrons. The first-order chi connectivity index (χ1) is 9.00. The lowest BCUT2D eigenvalue weighted by Crippen LogP contribution is -2.44. The van der Waals surface area contributed by atoms with Crippen LogP contribution in [0.3, 0.4) is 0 Å². The Balaban J connectivity index is 0.00000200. The van der Waals surface area contributed by atoms with Crippen molar-refractivity contribution in [1.29, 1.82) is 0 Å². The van der Waals surface area contributed by atoms with E-state index in [1.807, 2.05) is 0 Å². The van der Waals surface area contributed by atoms with Gasteiger partial charge < -0.3 is 5.32 Å². The van der Waals surface area contributed by atoms with E-state index < -0.39 is 10.0 Å². The van der Waals surface area contributed by atoms with Crippen LogP contribution in [0.15, 0.2) is 24.3 Å². The quantitative estimate of drug-likeness (QED) is 0.916. The summed E-state index contributed by atoms with van der Waals surface area (Å²) < 4.78 is 26.3. The molecule has 1 fully saturated rings. The Bertz CT molecular complexity index is 531. The number of sulfonamides is 1. The molecule has 1 saturated heterocycles. The maximum Gasteiger partial charge on any atom is 0.218 e. The van der Waals surface area contributed by atoms with E-state index in [-0.39, 0.29) is 24.2 Å². The lowest BCUT2D eigenvalue weighted by Gasteiger charge is -2.30. The molecule has 0 saturated carbocycles. The van der Waals surface area contributed by atoms with Gasteiger partial charge in [-0.1, -0.05) is 29.8 Å². The van der Waals surface area contributed by atoms with Gasteiger partial charge in [0.1, 0.15) is 0 Å². The first kappa shape index (κ1) is 17.7. The molecule has 1 aromatic rings. The van der Waals surface area contributed by atoms with Crippen LogP contribution >= 0.6 is 24.0 Å². The first-order valence-electron chi connectivity index (χ1n) is 6.40. The maximum atomic E-state index is 12.4. The number of benzene rings is 1. The number of hydrogen-bond acceptors (Lipinski definition) is 3. The van der Waals surface area contributed by atoms with Gasteiger partial charge in [-0.2, -0.15) is 0 Å². The van der Waals surface area contributed by atoms with E-state index in [1.165, 1.54) is 4.31 Å². The molecular weight excluding hydrogens is 319 g/mol. The fraction of sp³-hybridized carbons (Fsp3) is 0.538. The monoisotopic (exact) mass is 338 g/mol. The third kappa shape index (κ3) is 4.33. The molecule has 0 bridgehead atoms. The molecule has 0 unspecified atom stereocenters. The summed E-state index contributed by atoms with van der Waals surface area (Å²) in [4.78, 5) is 0. The summed E-state index contributed by atoms with van der Waals surface area (Å²) in [5.74, 6) is -0.0346. The highest BCUT2D eigenvalue weighted by Crippen LogP contribution is 2.21. The minimum Gasteiger partial charge on any atom is -0.317 e. The van der Waals surface area contributed by atoms with E-state index in [0.29, 0.717) is 10.6 Å². The van der Waals surface area contributed by atoms with Crippen molar-refractivity contribution in [3.63, 3.8) is 0 Å². The Labute approximate surface area is 132 Å². The number of nitrogens with one attached hydrogen (secondary N) is 1. The Morgan fingerprint density at radius 1 is 1.30 bits per heavy atom. The number of nitrogens with zero attached hydrogens (tertiary/aromatic N) is 1. The second-order valence-electron chi connectivity index (χ2n) is 4.85. The van der Waals surface area contributed by atoms with Crippen LogP contribution < -0.4 is 5.32 Å². The average molecular weight is 339 g/mol. The fourth-order valence-corrected chi connectivity index (χ4v) is 4.11. The maximum absolute atomic E-state index is 12.4. The zero-order chi connectivity index (χ0) is 13.9. The molecule has 0 aliphatic carbocycles. The molecule has 20 heavy (non-hydrogen) atoms. The van der Waals surface area contributed by atoms with Gasteiger partial charge in [-0.25, -0.2) is 12.7 Å². The SMILES string of the molecule is CN(C1CCNCC1)S(=O)(=O)Cc1ccccc1Cl.Cl. The summed E-state index contributed by atoms with van der Waals surface area (Å²) in [5, 5.41) is 3.74. The van der Waals surface area contributed by atoms with E-state index in [2.05, 4.69) is 5.32 Å². The first-order valence-corrected chi connectivity index (χ1v) is 8.39. The molecule has 1 aliphatic heterocycles. The van der Waals surface area contributed by atoms with Crippen molar-refractivity contribution in [3.8, 4) is 0 Å². The van der Waals surface area contributed by atoms with Gasteiger partial charge in [0.2, 0.25) is 10.0 Å². The summed E-state index contributed by atoms with van der Waals surface area (Å²) in [5.41, 5.74) is 0.657. The van der Waals surface area contributed by atoms with Gasteiger partial charge in [-0.3, -0.25) is 0 Å². The highest BCUT2D eigenvalue weighted by Gasteiger charge is 2.27. The summed E-state index contributed by atoms with van der Waals surface area (Å²) in [6, 6.07) is 7.18. The van der Waals surface area contributed by atoms with Gasteiger partial charge in [0.05, 0.1) is 5.75 Å². The van der Waals surface area contributed by atoms with Gasteiger partial charge in [0.15, 0.2) is 0 Å². The second-order valence-corrected chi connectivity index (χ2v) is 7.28. The molecule has 2 rings (SSSR count). The summed E-state index contributed by atoms with van der Waals surface area (Å²) in [7, 11) is -1.65. The topological polar surface area (TPSA) is 49.4 Å². The third-order valence-electron chi connectivity index (χ3n) is 3.56. The number of piperidine rings is 1. The predicted molar refractivity (Wildman–Crippen MR) is 85.0 cm³/mol. The molecule has 0 amide bonds. The van der Waals surface area contributed by atoms with Crippen LogP contribution in [0.5, 0.6) is 0 Å². The highest BCUT2D eigenvalue weighted by molar-refractivity contribution is 7.88. The van der Waals surface area contributed by atoms with Gasteiger partial charge in [-0.15, -0.1) is 12.4 Å². The molecule has 1 N–H and O–H groups in total. The molecule has 0 atom stereocenters. The molecule has 0 spiro atoms. The number of hydrogen-bond donors (Lipinski definition) is 1. The van der Waals surface area contributed by atoms with E-state index in [1.54, 1.807) is 31.3 Å². The summed E-state index contributed by atoms with van der Waals surface area (Å²) in [6.45, 7) is 1.74. The number of halogens is 2. The van der Waals surface area contributed by atoms with E-state index >= 15 is 0 Å². The van der Waals surface area contributed by atoms with Gasteiger partial charge >= 0.3 is 0 Å². The molecular formula is C13H20Cl2N2O2S. The van der Waals surface area contributed by atoms with Crippen LogP contribution in [0.25, 0.3) is 0 Å². The third-order valence-corrected chi connectivity index (χ3v) is 5.78. The van der Waals surface area contributed by atoms with Crippen LogP contribution in [0.1, 0.15) is 18.4 Å². The normalized spacial score (nSPS) is 16.9. The zero-order valence-electron chi connectivity index (χ0n) is 11.4. The summed E-state index contributed by atoms with van der Waals surface area (Å²) in [6.07, 6.45) is 1.72. The van der Waals surface area contributed by atoms with Crippen molar-refractivity contribution in [2.75, 3.05) is 20.1 Å². The van der Waals surface area contributed by atoms with Crippen molar-refractivity contribution in [2.24, 2.45) is 0 Å². The van der Waals surface area contributed by atoms with Crippen molar-refractivity contribution >= 4 is 34.0 Å². The largest absolute Gasteiger partial charge is 0.317 e. The van der Waals surface area contributed by atoms with Gasteiger partial charge in [0.25, 0.3) is 0 Å². The van der Waals surface area contributed by atoms with E-state index in [4.69, 9.17) is 11.6 Å². The molecule has 1 heterocycles. The predicted octanol–water partition coefficient (Wildman–Crippen LogP) is 2.28.